The Morgan fingerprint density at radius 3 is 1.57 bits per heavy atom. The van der Waals surface area contributed by atoms with Crippen molar-refractivity contribution in [3.05, 3.63) is 90.8 Å². The minimum atomic E-state index is -0.371. The van der Waals surface area contributed by atoms with Crippen molar-refractivity contribution < 1.29 is 14.2 Å². The summed E-state index contributed by atoms with van der Waals surface area (Å²) in [6.07, 6.45) is 3.22. The molecule has 0 unspecified atom stereocenters. The zero-order chi connectivity index (χ0) is 24.2. The Morgan fingerprint density at radius 2 is 1.11 bits per heavy atom. The number of hydrogen-bond donors (Lipinski definition) is 2. The molecule has 0 radical (unpaired) electrons. The summed E-state index contributed by atoms with van der Waals surface area (Å²) >= 11 is 0. The number of anilines is 2. The first-order valence-corrected chi connectivity index (χ1v) is 11.2. The van der Waals surface area contributed by atoms with Gasteiger partial charge < -0.3 is 24.8 Å². The number of benzene rings is 3. The first-order valence-electron chi connectivity index (χ1n) is 11.2. The van der Waals surface area contributed by atoms with Gasteiger partial charge in [0.25, 0.3) is 0 Å². The third-order valence-corrected chi connectivity index (χ3v) is 5.89. The van der Waals surface area contributed by atoms with Gasteiger partial charge in [-0.1, -0.05) is 36.4 Å². The normalized spacial score (nSPS) is 11.0. The third-order valence-electron chi connectivity index (χ3n) is 5.89. The van der Waals surface area contributed by atoms with Crippen molar-refractivity contribution in [1.82, 2.24) is 9.97 Å². The molecule has 0 aliphatic heterocycles. The molecule has 0 aliphatic rings. The first-order chi connectivity index (χ1) is 17.2. The fourth-order valence-corrected chi connectivity index (χ4v) is 4.22. The molecular formula is C28H26N4O3. The molecule has 5 rings (SSSR count). The van der Waals surface area contributed by atoms with E-state index in [9.17, 15) is 0 Å². The second-order valence-corrected chi connectivity index (χ2v) is 7.94. The number of aromatic nitrogens is 2. The lowest BCUT2D eigenvalue weighted by molar-refractivity contribution is 0.323. The van der Waals surface area contributed by atoms with Crippen molar-refractivity contribution in [2.24, 2.45) is 0 Å². The van der Waals surface area contributed by atoms with Gasteiger partial charge >= 0.3 is 0 Å². The highest BCUT2D eigenvalue weighted by molar-refractivity contribution is 5.92. The molecule has 176 valence electrons. The van der Waals surface area contributed by atoms with Gasteiger partial charge in [-0.25, -0.2) is 0 Å². The summed E-state index contributed by atoms with van der Waals surface area (Å²) < 4.78 is 16.8. The van der Waals surface area contributed by atoms with E-state index in [1.807, 2.05) is 72.8 Å². The van der Waals surface area contributed by atoms with Crippen LogP contribution >= 0.6 is 0 Å². The highest BCUT2D eigenvalue weighted by Gasteiger charge is 2.21. The van der Waals surface area contributed by atoms with Crippen molar-refractivity contribution in [2.75, 3.05) is 32.0 Å². The van der Waals surface area contributed by atoms with Gasteiger partial charge in [-0.2, -0.15) is 0 Å². The maximum atomic E-state index is 5.63. The first kappa shape index (κ1) is 22.3. The Kier molecular flexibility index (Phi) is 6.22. The molecule has 3 aromatic carbocycles. The molecule has 0 bridgehead atoms. The maximum Gasteiger partial charge on any atom is 0.203 e. The van der Waals surface area contributed by atoms with Gasteiger partial charge in [0.15, 0.2) is 11.5 Å². The van der Waals surface area contributed by atoms with Crippen LogP contribution in [0.15, 0.2) is 85.2 Å². The maximum absolute atomic E-state index is 5.63. The number of rotatable bonds is 8. The summed E-state index contributed by atoms with van der Waals surface area (Å²) in [4.78, 5) is 9.22. The fourth-order valence-electron chi connectivity index (χ4n) is 4.22. The lowest BCUT2D eigenvalue weighted by Gasteiger charge is -2.25. The zero-order valence-corrected chi connectivity index (χ0v) is 19.8. The summed E-state index contributed by atoms with van der Waals surface area (Å²) in [5.41, 5.74) is 4.43. The number of nitrogens with one attached hydrogen (secondary N) is 2. The van der Waals surface area contributed by atoms with E-state index in [4.69, 9.17) is 14.2 Å². The minimum Gasteiger partial charge on any atom is -0.493 e. The Hall–Kier alpha value is -4.52. The number of nitrogens with zero attached hydrogens (tertiary/aromatic N) is 2. The van der Waals surface area contributed by atoms with Gasteiger partial charge in [0.1, 0.15) is 6.17 Å². The van der Waals surface area contributed by atoms with Gasteiger partial charge in [0.2, 0.25) is 5.75 Å². The molecule has 0 saturated carbocycles. The lowest BCUT2D eigenvalue weighted by Crippen LogP contribution is -2.21. The predicted octanol–water partition coefficient (Wildman–Crippen LogP) is 6.03. The van der Waals surface area contributed by atoms with Crippen LogP contribution in [0.3, 0.4) is 0 Å². The van der Waals surface area contributed by atoms with E-state index in [1.165, 1.54) is 0 Å². The van der Waals surface area contributed by atoms with Crippen LogP contribution in [0.25, 0.3) is 21.8 Å². The van der Waals surface area contributed by atoms with Crippen molar-refractivity contribution in [3.8, 4) is 17.2 Å². The van der Waals surface area contributed by atoms with Crippen LogP contribution in [-0.2, 0) is 0 Å². The number of fused-ring (bicyclic) bond motifs is 2. The van der Waals surface area contributed by atoms with Gasteiger partial charge in [0.05, 0.1) is 43.7 Å². The van der Waals surface area contributed by atoms with Gasteiger partial charge in [0, 0.05) is 28.7 Å². The quantitative estimate of drug-likeness (QED) is 0.270. The molecule has 2 N–H and O–H groups in total. The van der Waals surface area contributed by atoms with Crippen LogP contribution in [0.5, 0.6) is 17.2 Å². The molecule has 7 heteroatoms. The molecule has 0 atom stereocenters. The van der Waals surface area contributed by atoms with Gasteiger partial charge in [-0.3, -0.25) is 9.97 Å². The summed E-state index contributed by atoms with van der Waals surface area (Å²) in [7, 11) is 4.82. The highest BCUT2D eigenvalue weighted by Crippen LogP contribution is 2.41. The van der Waals surface area contributed by atoms with Crippen molar-refractivity contribution in [2.45, 2.75) is 6.17 Å². The zero-order valence-electron chi connectivity index (χ0n) is 19.8. The van der Waals surface area contributed by atoms with Crippen molar-refractivity contribution >= 4 is 33.2 Å². The van der Waals surface area contributed by atoms with Crippen LogP contribution in [0.4, 0.5) is 11.4 Å². The van der Waals surface area contributed by atoms with Gasteiger partial charge in [-0.05, 0) is 36.4 Å². The second kappa shape index (κ2) is 9.77. The fraction of sp³-hybridized carbons (Fsp3) is 0.143. The van der Waals surface area contributed by atoms with Crippen LogP contribution in [0, 0.1) is 0 Å². The summed E-state index contributed by atoms with van der Waals surface area (Å²) in [6.45, 7) is 0. The number of pyridine rings is 2. The summed E-state index contributed by atoms with van der Waals surface area (Å²) in [5, 5.41) is 9.37. The second-order valence-electron chi connectivity index (χ2n) is 7.94. The largest absolute Gasteiger partial charge is 0.493 e. The van der Waals surface area contributed by atoms with E-state index >= 15 is 0 Å². The SMILES string of the molecule is COc1cc(C(Nc2cccc3cccnc23)Nc2cccc3cccnc23)cc(OC)c1OC. The van der Waals surface area contributed by atoms with E-state index in [0.29, 0.717) is 17.2 Å². The molecule has 35 heavy (non-hydrogen) atoms. The van der Waals surface area contributed by atoms with Crippen LogP contribution < -0.4 is 24.8 Å². The number of ether oxygens (including phenoxy) is 3. The van der Waals surface area contributed by atoms with E-state index in [-0.39, 0.29) is 6.17 Å². The monoisotopic (exact) mass is 466 g/mol. The standard InChI is InChI=1S/C28H26N4O3/c1-33-23-16-20(17-24(34-2)27(23)35-3)28(31-21-12-4-8-18-10-6-14-29-25(18)21)32-22-13-5-9-19-11-7-15-30-26(19)22/h4-17,28,31-32H,1-3H3. The topological polar surface area (TPSA) is 77.5 Å². The number of methoxy groups -OCH3 is 3. The average molecular weight is 467 g/mol. The molecule has 7 nitrogen and oxygen atoms in total. The van der Waals surface area contributed by atoms with E-state index in [1.54, 1.807) is 33.7 Å². The highest BCUT2D eigenvalue weighted by atomic mass is 16.5. The van der Waals surface area contributed by atoms with Crippen LogP contribution in [-0.4, -0.2) is 31.3 Å². The number of hydrogen-bond acceptors (Lipinski definition) is 7. The van der Waals surface area contributed by atoms with E-state index < -0.39 is 0 Å². The summed E-state index contributed by atoms with van der Waals surface area (Å²) in [6, 6.07) is 24.0. The van der Waals surface area contributed by atoms with E-state index in [2.05, 4.69) is 20.6 Å². The molecule has 0 saturated heterocycles. The molecule has 5 aromatic rings. The third kappa shape index (κ3) is 4.36. The Bertz CT molecular complexity index is 1370. The summed E-state index contributed by atoms with van der Waals surface area (Å²) in [5.74, 6) is 1.68. The van der Waals surface area contributed by atoms with Crippen molar-refractivity contribution in [3.63, 3.8) is 0 Å². The molecule has 2 aromatic heterocycles. The predicted molar refractivity (Wildman–Crippen MR) is 140 cm³/mol. The minimum absolute atomic E-state index is 0.371. The molecular weight excluding hydrogens is 440 g/mol. The van der Waals surface area contributed by atoms with Crippen LogP contribution in [0.1, 0.15) is 11.7 Å². The molecule has 2 heterocycles. The Labute approximate surface area is 203 Å². The van der Waals surface area contributed by atoms with E-state index in [0.717, 1.165) is 38.7 Å². The average Bonchev–Trinajstić information content (AvgIpc) is 2.92. The lowest BCUT2D eigenvalue weighted by atomic mass is 10.1. The molecule has 0 spiro atoms. The van der Waals surface area contributed by atoms with Gasteiger partial charge in [-0.15, -0.1) is 0 Å². The Morgan fingerprint density at radius 1 is 0.629 bits per heavy atom. The molecule has 0 amide bonds. The molecule has 0 aliphatic carbocycles. The smallest absolute Gasteiger partial charge is 0.203 e. The van der Waals surface area contributed by atoms with Crippen LogP contribution in [0.2, 0.25) is 0 Å². The molecule has 0 fully saturated rings. The number of para-hydroxylation sites is 2. The van der Waals surface area contributed by atoms with Crippen molar-refractivity contribution in [1.29, 1.82) is 0 Å². The Balaban J connectivity index is 1.64.